The second-order valence-electron chi connectivity index (χ2n) is 5.89. The summed E-state index contributed by atoms with van der Waals surface area (Å²) in [6.45, 7) is 0.205. The van der Waals surface area contributed by atoms with E-state index in [1.807, 2.05) is 0 Å². The van der Waals surface area contributed by atoms with E-state index in [4.69, 9.17) is 5.73 Å². The number of aldehydes is 1. The summed E-state index contributed by atoms with van der Waals surface area (Å²) in [5.74, 6) is 0. The molecule has 136 valence electrons. The minimum Gasteiger partial charge on any atom is -0.398 e. The van der Waals surface area contributed by atoms with Gasteiger partial charge in [-0.1, -0.05) is 0 Å². The van der Waals surface area contributed by atoms with Crippen molar-refractivity contribution in [1.82, 2.24) is 0 Å². The molecule has 1 aromatic carbocycles. The van der Waals surface area contributed by atoms with Crippen molar-refractivity contribution >= 4 is 18.2 Å². The highest BCUT2D eigenvalue weighted by Gasteiger charge is 2.42. The number of nitrogens with two attached hydrogens (primary N) is 1. The van der Waals surface area contributed by atoms with E-state index in [0.717, 1.165) is 12.4 Å². The van der Waals surface area contributed by atoms with Gasteiger partial charge in [0.1, 0.15) is 6.29 Å². The summed E-state index contributed by atoms with van der Waals surface area (Å²) in [4.78, 5) is 14.7. The normalized spacial score (nSPS) is 17.8. The van der Waals surface area contributed by atoms with Gasteiger partial charge in [-0.2, -0.15) is 26.3 Å². The molecular weight excluding hydrogens is 350 g/mol. The van der Waals surface area contributed by atoms with Gasteiger partial charge in [-0.25, -0.2) is 0 Å². The lowest BCUT2D eigenvalue weighted by atomic mass is 10.0. The number of aliphatic imine (C=N–C) groups is 1. The zero-order valence-corrected chi connectivity index (χ0v) is 12.8. The van der Waals surface area contributed by atoms with Gasteiger partial charge in [0.2, 0.25) is 0 Å². The number of hydrogen-bond donors (Lipinski definition) is 1. The van der Waals surface area contributed by atoms with E-state index < -0.39 is 34.5 Å². The molecule has 1 aliphatic carbocycles. The fourth-order valence-corrected chi connectivity index (χ4v) is 2.06. The van der Waals surface area contributed by atoms with Gasteiger partial charge in [0.05, 0.1) is 17.7 Å². The Kier molecular flexibility index (Phi) is 4.97. The van der Waals surface area contributed by atoms with Crippen molar-refractivity contribution in [1.29, 1.82) is 0 Å². The van der Waals surface area contributed by atoms with Gasteiger partial charge >= 0.3 is 12.4 Å². The Bertz CT molecular complexity index is 682. The average molecular weight is 364 g/mol. The van der Waals surface area contributed by atoms with Crippen molar-refractivity contribution in [3.63, 3.8) is 0 Å². The molecule has 25 heavy (non-hydrogen) atoms. The summed E-state index contributed by atoms with van der Waals surface area (Å²) in [7, 11) is 0. The van der Waals surface area contributed by atoms with Crippen molar-refractivity contribution in [3.05, 3.63) is 41.0 Å². The maximum absolute atomic E-state index is 12.8. The van der Waals surface area contributed by atoms with Gasteiger partial charge in [0.25, 0.3) is 0 Å². The topological polar surface area (TPSA) is 55.4 Å². The maximum atomic E-state index is 12.8. The molecule has 0 amide bonds. The summed E-state index contributed by atoms with van der Waals surface area (Å²) < 4.78 is 76.8. The van der Waals surface area contributed by atoms with E-state index in [9.17, 15) is 31.1 Å². The number of rotatable bonds is 5. The number of alkyl halides is 6. The first-order valence-corrected chi connectivity index (χ1v) is 7.19. The standard InChI is InChI=1S/C16H14F6N2O/c17-15(18,19)11-5-10(6-12(7-11)16(20,21)22)13(23)1-4-24-8-14(9-25)2-3-14/h1,4-7,9H,2-3,8,23H2. The maximum Gasteiger partial charge on any atom is 0.416 e. The zero-order chi connectivity index (χ0) is 18.9. The Hall–Kier alpha value is -2.32. The van der Waals surface area contributed by atoms with Crippen LogP contribution in [0.25, 0.3) is 5.70 Å². The first kappa shape index (κ1) is 19.0. The zero-order valence-electron chi connectivity index (χ0n) is 12.8. The second kappa shape index (κ2) is 6.53. The first-order valence-electron chi connectivity index (χ1n) is 7.19. The SMILES string of the molecule is NC(=CC=NCC1(C=O)CC1)c1cc(C(F)(F)F)cc(C(F)(F)F)c1. The highest BCUT2D eigenvalue weighted by Crippen LogP contribution is 2.43. The van der Waals surface area contributed by atoms with E-state index in [1.165, 1.54) is 6.21 Å². The number of carbonyl (C=O) groups excluding carboxylic acids is 1. The number of benzene rings is 1. The predicted octanol–water partition coefficient (Wildman–Crippen LogP) is 4.07. The Morgan fingerprint density at radius 2 is 1.60 bits per heavy atom. The Morgan fingerprint density at radius 3 is 2.00 bits per heavy atom. The van der Waals surface area contributed by atoms with Crippen LogP contribution in [-0.2, 0) is 17.1 Å². The van der Waals surface area contributed by atoms with Gasteiger partial charge in [0.15, 0.2) is 0 Å². The molecule has 0 aliphatic heterocycles. The molecule has 1 saturated carbocycles. The fraction of sp³-hybridized carbons (Fsp3) is 0.375. The van der Waals surface area contributed by atoms with Gasteiger partial charge in [-0.3, -0.25) is 4.99 Å². The van der Waals surface area contributed by atoms with E-state index >= 15 is 0 Å². The molecule has 1 aromatic rings. The third kappa shape index (κ3) is 4.83. The molecule has 3 nitrogen and oxygen atoms in total. The summed E-state index contributed by atoms with van der Waals surface area (Å²) >= 11 is 0. The van der Waals surface area contributed by atoms with Crippen molar-refractivity contribution in [2.75, 3.05) is 6.54 Å². The quantitative estimate of drug-likeness (QED) is 0.486. The minimum atomic E-state index is -4.94. The first-order chi connectivity index (χ1) is 11.5. The number of nitrogens with zero attached hydrogens (tertiary/aromatic N) is 1. The van der Waals surface area contributed by atoms with E-state index in [-0.39, 0.29) is 18.3 Å². The smallest absolute Gasteiger partial charge is 0.398 e. The van der Waals surface area contributed by atoms with Crippen molar-refractivity contribution in [3.8, 4) is 0 Å². The van der Waals surface area contributed by atoms with Gasteiger partial charge in [-0.05, 0) is 42.7 Å². The van der Waals surface area contributed by atoms with Gasteiger partial charge in [0, 0.05) is 17.3 Å². The van der Waals surface area contributed by atoms with Crippen LogP contribution in [0.5, 0.6) is 0 Å². The van der Waals surface area contributed by atoms with Crippen LogP contribution < -0.4 is 5.73 Å². The molecule has 0 aromatic heterocycles. The number of halogens is 6. The van der Waals surface area contributed by atoms with Crippen LogP contribution >= 0.6 is 0 Å². The van der Waals surface area contributed by atoms with Crippen LogP contribution in [0.3, 0.4) is 0 Å². The molecule has 0 atom stereocenters. The molecule has 2 rings (SSSR count). The summed E-state index contributed by atoms with van der Waals surface area (Å²) in [6, 6.07) is 1.12. The van der Waals surface area contributed by atoms with E-state index in [0.29, 0.717) is 25.0 Å². The summed E-state index contributed by atoms with van der Waals surface area (Å²) in [5.41, 5.74) is 1.51. The lowest BCUT2D eigenvalue weighted by Crippen LogP contribution is -2.12. The molecule has 1 aliphatic rings. The molecule has 0 spiro atoms. The fourth-order valence-electron chi connectivity index (χ4n) is 2.06. The van der Waals surface area contributed by atoms with Crippen molar-refractivity contribution in [2.45, 2.75) is 25.2 Å². The predicted molar refractivity (Wildman–Crippen MR) is 79.7 cm³/mol. The molecule has 0 saturated heterocycles. The van der Waals surface area contributed by atoms with Crippen LogP contribution in [0.4, 0.5) is 26.3 Å². The van der Waals surface area contributed by atoms with Crippen LogP contribution in [0.2, 0.25) is 0 Å². The monoisotopic (exact) mass is 364 g/mol. The number of carbonyl (C=O) groups is 1. The lowest BCUT2D eigenvalue weighted by Gasteiger charge is -2.14. The lowest BCUT2D eigenvalue weighted by molar-refractivity contribution is -0.143. The Balaban J connectivity index is 2.28. The Labute approximate surface area is 139 Å². The van der Waals surface area contributed by atoms with Gasteiger partial charge in [-0.15, -0.1) is 0 Å². The molecule has 0 radical (unpaired) electrons. The van der Waals surface area contributed by atoms with Crippen LogP contribution in [-0.4, -0.2) is 19.0 Å². The van der Waals surface area contributed by atoms with E-state index in [2.05, 4.69) is 4.99 Å². The minimum absolute atomic E-state index is 0.0335. The average Bonchev–Trinajstić information content (AvgIpc) is 3.30. The second-order valence-corrected chi connectivity index (χ2v) is 5.89. The summed E-state index contributed by atoms with van der Waals surface area (Å²) in [5, 5.41) is 0. The van der Waals surface area contributed by atoms with Crippen LogP contribution in [0.15, 0.2) is 29.3 Å². The third-order valence-corrected chi connectivity index (χ3v) is 3.83. The molecule has 2 N–H and O–H groups in total. The number of hydrogen-bond acceptors (Lipinski definition) is 3. The highest BCUT2D eigenvalue weighted by atomic mass is 19.4. The molecular formula is C16H14F6N2O. The van der Waals surface area contributed by atoms with Crippen molar-refractivity contribution < 1.29 is 31.1 Å². The third-order valence-electron chi connectivity index (χ3n) is 3.83. The highest BCUT2D eigenvalue weighted by molar-refractivity contribution is 5.83. The molecule has 0 heterocycles. The Morgan fingerprint density at radius 1 is 1.08 bits per heavy atom. The van der Waals surface area contributed by atoms with Crippen LogP contribution in [0.1, 0.15) is 29.5 Å². The number of allylic oxidation sites excluding steroid dienone is 1. The molecule has 0 bridgehead atoms. The summed E-state index contributed by atoms with van der Waals surface area (Å²) in [6.07, 6.45) is -5.40. The largest absolute Gasteiger partial charge is 0.416 e. The van der Waals surface area contributed by atoms with Crippen molar-refractivity contribution in [2.24, 2.45) is 16.1 Å². The molecule has 9 heteroatoms. The van der Waals surface area contributed by atoms with Crippen LogP contribution in [0, 0.1) is 5.41 Å². The van der Waals surface area contributed by atoms with E-state index in [1.54, 1.807) is 0 Å². The molecule has 1 fully saturated rings. The van der Waals surface area contributed by atoms with Gasteiger partial charge < -0.3 is 10.5 Å². The molecule has 0 unspecified atom stereocenters.